The van der Waals surface area contributed by atoms with Crippen LogP contribution in [0.2, 0.25) is 0 Å². The van der Waals surface area contributed by atoms with Gasteiger partial charge < -0.3 is 29.5 Å². The fraction of sp³-hybridized carbons (Fsp3) is 0.565. The van der Waals surface area contributed by atoms with E-state index in [0.717, 1.165) is 67.1 Å². The zero-order valence-corrected chi connectivity index (χ0v) is 19.5. The van der Waals surface area contributed by atoms with E-state index >= 15 is 0 Å². The number of nitrogens with one attached hydrogen (secondary N) is 2. The van der Waals surface area contributed by atoms with E-state index < -0.39 is 0 Å². The maximum absolute atomic E-state index is 5.41. The smallest absolute Gasteiger partial charge is 0.191 e. The highest BCUT2D eigenvalue weighted by Gasteiger charge is 2.22. The van der Waals surface area contributed by atoms with Gasteiger partial charge >= 0.3 is 0 Å². The van der Waals surface area contributed by atoms with E-state index in [1.165, 1.54) is 5.56 Å². The molecule has 1 fully saturated rings. The Bertz CT molecular complexity index is 846. The van der Waals surface area contributed by atoms with Gasteiger partial charge in [-0.05, 0) is 26.7 Å². The maximum atomic E-state index is 5.41. The largest absolute Gasteiger partial charge is 0.497 e. The highest BCUT2D eigenvalue weighted by molar-refractivity contribution is 5.80. The molecular weight excluding hydrogens is 394 g/mol. The molecule has 3 rings (SSSR count). The minimum atomic E-state index is 0.287. The quantitative estimate of drug-likeness (QED) is 0.516. The summed E-state index contributed by atoms with van der Waals surface area (Å²) in [6.07, 6.45) is 2.05. The first kappa shape index (κ1) is 22.8. The Morgan fingerprint density at radius 2 is 1.84 bits per heavy atom. The van der Waals surface area contributed by atoms with Crippen LogP contribution in [0.25, 0.3) is 0 Å². The number of piperidine rings is 1. The first-order valence-electron chi connectivity index (χ1n) is 10.8. The molecule has 1 aromatic heterocycles. The number of ether oxygens (including phenoxy) is 2. The van der Waals surface area contributed by atoms with Crippen LogP contribution in [-0.4, -0.2) is 58.1 Å². The van der Waals surface area contributed by atoms with Crippen molar-refractivity contribution < 1.29 is 14.0 Å². The number of methoxy groups -OCH3 is 2. The first-order valence-corrected chi connectivity index (χ1v) is 10.8. The molecule has 1 aliphatic rings. The molecule has 0 amide bonds. The summed E-state index contributed by atoms with van der Waals surface area (Å²) in [6, 6.07) is 6.40. The molecule has 8 nitrogen and oxygen atoms in total. The fourth-order valence-corrected chi connectivity index (χ4v) is 4.19. The molecule has 0 saturated carbocycles. The standard InChI is InChI=1S/C23H35N5O3/c1-15(22-16(2)27-31-17(22)3)14-25-23(24-4)26-18-7-9-28(10-8-18)19-11-20(29-5)13-21(12-19)30-6/h11-13,15,18H,7-10,14H2,1-6H3,(H2,24,25,26). The number of rotatable bonds is 7. The van der Waals surface area contributed by atoms with E-state index in [1.54, 1.807) is 14.2 Å². The third-order valence-electron chi connectivity index (χ3n) is 5.92. The lowest BCUT2D eigenvalue weighted by molar-refractivity contribution is 0.391. The average molecular weight is 430 g/mol. The van der Waals surface area contributed by atoms with Gasteiger partial charge in [-0.2, -0.15) is 0 Å². The lowest BCUT2D eigenvalue weighted by atomic mass is 9.99. The van der Waals surface area contributed by atoms with Crippen LogP contribution in [0.5, 0.6) is 11.5 Å². The van der Waals surface area contributed by atoms with E-state index in [1.807, 2.05) is 27.0 Å². The van der Waals surface area contributed by atoms with Crippen LogP contribution in [-0.2, 0) is 0 Å². The topological polar surface area (TPSA) is 84.2 Å². The number of aryl methyl sites for hydroxylation is 2. The lowest BCUT2D eigenvalue weighted by Crippen LogP contribution is -2.49. The summed E-state index contributed by atoms with van der Waals surface area (Å²) < 4.78 is 16.1. The van der Waals surface area contributed by atoms with Crippen LogP contribution >= 0.6 is 0 Å². The second kappa shape index (κ2) is 10.4. The molecule has 1 saturated heterocycles. The third kappa shape index (κ3) is 5.62. The molecule has 170 valence electrons. The minimum absolute atomic E-state index is 0.287. The maximum Gasteiger partial charge on any atom is 0.191 e. The molecule has 0 spiro atoms. The highest BCUT2D eigenvalue weighted by Crippen LogP contribution is 2.30. The molecule has 0 bridgehead atoms. The predicted octanol–water partition coefficient (Wildman–Crippen LogP) is 3.25. The first-order chi connectivity index (χ1) is 14.9. The average Bonchev–Trinajstić information content (AvgIpc) is 3.14. The Morgan fingerprint density at radius 3 is 2.35 bits per heavy atom. The van der Waals surface area contributed by atoms with Gasteiger partial charge in [-0.15, -0.1) is 0 Å². The Morgan fingerprint density at radius 1 is 1.19 bits per heavy atom. The number of guanidine groups is 1. The molecule has 8 heteroatoms. The third-order valence-corrected chi connectivity index (χ3v) is 5.92. The summed E-state index contributed by atoms with van der Waals surface area (Å²) in [5, 5.41) is 11.1. The van der Waals surface area contributed by atoms with Gasteiger partial charge in [0.05, 0.1) is 19.9 Å². The predicted molar refractivity (Wildman–Crippen MR) is 124 cm³/mol. The van der Waals surface area contributed by atoms with Crippen LogP contribution in [0, 0.1) is 13.8 Å². The van der Waals surface area contributed by atoms with E-state index in [4.69, 9.17) is 14.0 Å². The van der Waals surface area contributed by atoms with Crippen molar-refractivity contribution in [2.75, 3.05) is 45.8 Å². The van der Waals surface area contributed by atoms with Gasteiger partial charge in [0, 0.05) is 68.1 Å². The number of aromatic nitrogens is 1. The summed E-state index contributed by atoms with van der Waals surface area (Å²) >= 11 is 0. The van der Waals surface area contributed by atoms with Crippen molar-refractivity contribution in [3.8, 4) is 11.5 Å². The van der Waals surface area contributed by atoms with E-state index in [0.29, 0.717) is 6.04 Å². The van der Waals surface area contributed by atoms with E-state index in [-0.39, 0.29) is 5.92 Å². The van der Waals surface area contributed by atoms with Crippen molar-refractivity contribution in [3.63, 3.8) is 0 Å². The number of aliphatic imine (C=N–C) groups is 1. The van der Waals surface area contributed by atoms with Crippen molar-refractivity contribution >= 4 is 11.6 Å². The SMILES string of the molecule is CN=C(NCC(C)c1c(C)noc1C)NC1CCN(c2cc(OC)cc(OC)c2)CC1. The van der Waals surface area contributed by atoms with Gasteiger partial charge in [0.1, 0.15) is 17.3 Å². The lowest BCUT2D eigenvalue weighted by Gasteiger charge is -2.35. The van der Waals surface area contributed by atoms with Gasteiger partial charge in [0.15, 0.2) is 5.96 Å². The molecule has 0 radical (unpaired) electrons. The molecule has 2 heterocycles. The number of nitrogens with zero attached hydrogens (tertiary/aromatic N) is 3. The molecule has 2 N–H and O–H groups in total. The van der Waals surface area contributed by atoms with Gasteiger partial charge in [-0.25, -0.2) is 0 Å². The Balaban J connectivity index is 1.51. The number of anilines is 1. The number of benzene rings is 1. The van der Waals surface area contributed by atoms with Crippen molar-refractivity contribution in [1.82, 2.24) is 15.8 Å². The van der Waals surface area contributed by atoms with Crippen LogP contribution < -0.4 is 25.0 Å². The summed E-state index contributed by atoms with van der Waals surface area (Å²) in [5.41, 5.74) is 3.26. The van der Waals surface area contributed by atoms with Crippen LogP contribution in [0.15, 0.2) is 27.7 Å². The van der Waals surface area contributed by atoms with Crippen LogP contribution in [0.4, 0.5) is 5.69 Å². The molecule has 1 aromatic carbocycles. The minimum Gasteiger partial charge on any atom is -0.497 e. The molecule has 1 unspecified atom stereocenters. The Hall–Kier alpha value is -2.90. The van der Waals surface area contributed by atoms with Gasteiger partial charge in [0.25, 0.3) is 0 Å². The zero-order chi connectivity index (χ0) is 22.4. The zero-order valence-electron chi connectivity index (χ0n) is 19.5. The Labute approximate surface area is 185 Å². The second-order valence-electron chi connectivity index (χ2n) is 8.07. The summed E-state index contributed by atoms with van der Waals surface area (Å²) in [5.74, 6) is 3.63. The van der Waals surface area contributed by atoms with Gasteiger partial charge in [0.2, 0.25) is 0 Å². The number of hydrogen-bond donors (Lipinski definition) is 2. The van der Waals surface area contributed by atoms with Crippen molar-refractivity contribution in [3.05, 3.63) is 35.2 Å². The van der Waals surface area contributed by atoms with Crippen molar-refractivity contribution in [2.24, 2.45) is 4.99 Å². The fourth-order valence-electron chi connectivity index (χ4n) is 4.19. The molecule has 1 atom stereocenters. The molecule has 2 aromatic rings. The molecule has 31 heavy (non-hydrogen) atoms. The van der Waals surface area contributed by atoms with Gasteiger partial charge in [-0.1, -0.05) is 12.1 Å². The normalized spacial score (nSPS) is 16.2. The van der Waals surface area contributed by atoms with E-state index in [2.05, 4.69) is 44.7 Å². The molecule has 1 aliphatic heterocycles. The van der Waals surface area contributed by atoms with E-state index in [9.17, 15) is 0 Å². The van der Waals surface area contributed by atoms with Gasteiger partial charge in [-0.3, -0.25) is 4.99 Å². The second-order valence-corrected chi connectivity index (χ2v) is 8.07. The monoisotopic (exact) mass is 429 g/mol. The summed E-state index contributed by atoms with van der Waals surface area (Å²) in [4.78, 5) is 6.79. The van der Waals surface area contributed by atoms with Crippen molar-refractivity contribution in [1.29, 1.82) is 0 Å². The summed E-state index contributed by atoms with van der Waals surface area (Å²) in [6.45, 7) is 8.81. The van der Waals surface area contributed by atoms with Crippen LogP contribution in [0.3, 0.4) is 0 Å². The highest BCUT2D eigenvalue weighted by atomic mass is 16.5. The Kier molecular flexibility index (Phi) is 7.65. The van der Waals surface area contributed by atoms with Crippen molar-refractivity contribution in [2.45, 2.75) is 45.6 Å². The van der Waals surface area contributed by atoms with Crippen LogP contribution in [0.1, 0.15) is 42.7 Å². The summed E-state index contributed by atoms with van der Waals surface area (Å²) in [7, 11) is 5.17. The molecule has 0 aliphatic carbocycles. The number of hydrogen-bond acceptors (Lipinski definition) is 6. The molecular formula is C23H35N5O3.